The van der Waals surface area contributed by atoms with Crippen LogP contribution < -0.4 is 20.2 Å². The topological polar surface area (TPSA) is 261 Å². The van der Waals surface area contributed by atoms with Crippen molar-refractivity contribution in [1.29, 1.82) is 0 Å². The predicted molar refractivity (Wildman–Crippen MR) is 136 cm³/mol. The van der Waals surface area contributed by atoms with E-state index < -0.39 is 39.9 Å². The van der Waals surface area contributed by atoms with E-state index in [1.165, 1.54) is 0 Å². The Morgan fingerprint density at radius 1 is 0.829 bits per heavy atom. The summed E-state index contributed by atoms with van der Waals surface area (Å²) in [6, 6.07) is 18.6. The van der Waals surface area contributed by atoms with Gasteiger partial charge in [0.1, 0.15) is 11.3 Å². The van der Waals surface area contributed by atoms with E-state index in [1.807, 2.05) is 48.5 Å². The van der Waals surface area contributed by atoms with Gasteiger partial charge in [-0.2, -0.15) is 0 Å². The molecule has 2 aromatic heterocycles. The Bertz CT molecular complexity index is 1570. The fourth-order valence-electron chi connectivity index (χ4n) is 3.94. The minimum Gasteiger partial charge on any atom is -0.549 e. The number of hydrogen-bond donors (Lipinski definition) is 3. The molecule has 1 aliphatic carbocycles. The summed E-state index contributed by atoms with van der Waals surface area (Å²) in [5, 5.41) is 62.0. The molecule has 0 amide bonds. The van der Waals surface area contributed by atoms with E-state index in [-0.39, 0.29) is 5.48 Å². The number of aromatic nitrogens is 2. The maximum Gasteiger partial charge on any atom is 0.320 e. The van der Waals surface area contributed by atoms with Crippen molar-refractivity contribution in [2.45, 2.75) is 0 Å². The van der Waals surface area contributed by atoms with Crippen molar-refractivity contribution in [2.24, 2.45) is 11.3 Å². The van der Waals surface area contributed by atoms with Gasteiger partial charge in [0.15, 0.2) is 23.9 Å². The van der Waals surface area contributed by atoms with Crippen LogP contribution in [0.3, 0.4) is 0 Å². The Kier molecular flexibility index (Phi) is 10.1. The number of aromatic hydroxyl groups is 2. The van der Waals surface area contributed by atoms with Crippen LogP contribution in [0.4, 0.5) is 0 Å². The lowest BCUT2D eigenvalue weighted by atomic mass is 9.71. The predicted octanol–water partition coefficient (Wildman–Crippen LogP) is -1.20. The summed E-state index contributed by atoms with van der Waals surface area (Å²) in [7, 11) is 0. The summed E-state index contributed by atoms with van der Waals surface area (Å²) in [5.74, 6) is -8.42. The number of nitro groups is 1. The quantitative estimate of drug-likeness (QED) is 0.151. The maximum atomic E-state index is 11.0. The average molecular weight is 565 g/mol. The van der Waals surface area contributed by atoms with Crippen LogP contribution in [0.15, 0.2) is 97.0 Å². The number of carboxylic acids is 3. The smallest absolute Gasteiger partial charge is 0.320 e. The first-order valence-electron chi connectivity index (χ1n) is 11.4. The number of fused-ring (bicyclic) bond motifs is 2. The molecule has 0 fully saturated rings. The summed E-state index contributed by atoms with van der Waals surface area (Å²) >= 11 is 0. The number of carbonyl (C=O) groups is 3. The van der Waals surface area contributed by atoms with Gasteiger partial charge in [-0.1, -0.05) is 24.3 Å². The van der Waals surface area contributed by atoms with Gasteiger partial charge in [0.25, 0.3) is 16.7 Å². The second kappa shape index (κ2) is 13.3. The Labute approximate surface area is 230 Å². The molecule has 0 spiro atoms. The molecule has 2 aromatic carbocycles. The summed E-state index contributed by atoms with van der Waals surface area (Å²) in [4.78, 5) is 48.1. The van der Waals surface area contributed by atoms with Crippen LogP contribution in [0.1, 0.15) is 0 Å². The molecule has 212 valence electrons. The first-order valence-corrected chi connectivity index (χ1v) is 11.4. The number of pyridine rings is 2. The number of para-hydroxylation sites is 2. The highest BCUT2D eigenvalue weighted by atomic mass is 16.6. The maximum absolute atomic E-state index is 11.0. The molecular weight excluding hydrogens is 542 g/mol. The number of rotatable bonds is 4. The Hall–Kier alpha value is -5.89. The Morgan fingerprint density at radius 2 is 1.29 bits per heavy atom. The zero-order valence-corrected chi connectivity index (χ0v) is 20.9. The summed E-state index contributed by atoms with van der Waals surface area (Å²) in [5.41, 5.74) is -2.58. The van der Waals surface area contributed by atoms with Crippen molar-refractivity contribution in [2.75, 3.05) is 0 Å². The number of nitrogens with zero attached hydrogens (tertiary/aromatic N) is 1. The molecular formula is C27H23N3O11. The molecule has 14 nitrogen and oxygen atoms in total. The van der Waals surface area contributed by atoms with Crippen LogP contribution in [0.25, 0.3) is 21.8 Å². The van der Waals surface area contributed by atoms with Crippen molar-refractivity contribution in [3.8, 4) is 11.5 Å². The van der Waals surface area contributed by atoms with E-state index >= 15 is 0 Å². The number of carbonyl (C=O) groups excluding carboxylic acids is 2. The summed E-state index contributed by atoms with van der Waals surface area (Å²) in [6.45, 7) is 0. The van der Waals surface area contributed by atoms with Crippen LogP contribution in [0.2, 0.25) is 0 Å². The Morgan fingerprint density at radius 3 is 1.66 bits per heavy atom. The molecule has 0 saturated heterocycles. The van der Waals surface area contributed by atoms with Gasteiger partial charge in [-0.3, -0.25) is 14.9 Å². The van der Waals surface area contributed by atoms with Crippen molar-refractivity contribution in [3.05, 3.63) is 107 Å². The average Bonchev–Trinajstić information content (AvgIpc) is 2.93. The summed E-state index contributed by atoms with van der Waals surface area (Å²) < 4.78 is 0. The third kappa shape index (κ3) is 6.58. The third-order valence-corrected chi connectivity index (χ3v) is 5.86. The van der Waals surface area contributed by atoms with Gasteiger partial charge >= 0.3 is 5.97 Å². The number of aromatic amines is 2. The van der Waals surface area contributed by atoms with Gasteiger partial charge in [-0.25, -0.2) is 9.97 Å². The highest BCUT2D eigenvalue weighted by Crippen LogP contribution is 2.38. The van der Waals surface area contributed by atoms with E-state index in [2.05, 4.69) is 9.97 Å². The third-order valence-electron chi connectivity index (χ3n) is 5.86. The minimum atomic E-state index is -3.06. The van der Waals surface area contributed by atoms with Crippen LogP contribution >= 0.6 is 0 Å². The highest BCUT2D eigenvalue weighted by Gasteiger charge is 2.53. The highest BCUT2D eigenvalue weighted by molar-refractivity contribution is 6.04. The number of nitrogens with one attached hydrogen (secondary N) is 2. The van der Waals surface area contributed by atoms with Crippen LogP contribution in [0.5, 0.6) is 11.5 Å². The standard InChI is InChI=1S/C9H7NO8.2C9H7NO.H2O/c11-6(12)5-4(10(17)18)2-1-3-9(5,7(13)14)8(15)16;2*11-8-5-1-3-7-4-2-6-10-9(7)8;/h1-3,5H,(H,11,12)(H,13,14)(H,15,16);2*1-6,11H;1H2. The monoisotopic (exact) mass is 565 g/mol. The lowest BCUT2D eigenvalue weighted by Gasteiger charge is -2.35. The second-order valence-electron chi connectivity index (χ2n) is 8.24. The molecule has 0 saturated carbocycles. The SMILES string of the molecule is O.O=C([O-])C1C([N+](=O)[O-])=CC=CC1(C(=O)[O-])C(=O)O.Oc1cccc2ccc[nH+]c12.Oc1cccc2ccc[nH+]c12. The molecule has 0 bridgehead atoms. The molecule has 2 unspecified atom stereocenters. The molecule has 0 aliphatic heterocycles. The van der Waals surface area contributed by atoms with Gasteiger partial charge in [0, 0.05) is 18.2 Å². The number of phenols is 2. The molecule has 1 aliphatic rings. The minimum absolute atomic E-state index is 0. The molecule has 4 aromatic rings. The first kappa shape index (κ1) is 31.3. The number of benzene rings is 2. The van der Waals surface area contributed by atoms with E-state index in [0.717, 1.165) is 27.9 Å². The molecule has 41 heavy (non-hydrogen) atoms. The van der Waals surface area contributed by atoms with Crippen LogP contribution in [-0.4, -0.2) is 43.6 Å². The van der Waals surface area contributed by atoms with Gasteiger partial charge in [-0.05, 0) is 36.4 Å². The number of phenolic OH excluding ortho intramolecular Hbond substituents is 2. The first-order chi connectivity index (χ1) is 19.0. The number of aliphatic carboxylic acids is 3. The van der Waals surface area contributed by atoms with E-state index in [9.17, 15) is 44.9 Å². The van der Waals surface area contributed by atoms with Gasteiger partial charge in [0.05, 0.1) is 27.6 Å². The lowest BCUT2D eigenvalue weighted by molar-refractivity contribution is -0.439. The Balaban J connectivity index is 0.000000222. The molecule has 0 radical (unpaired) electrons. The number of carboxylic acid groups (broad SMARTS) is 3. The second-order valence-corrected chi connectivity index (χ2v) is 8.24. The van der Waals surface area contributed by atoms with Crippen molar-refractivity contribution >= 4 is 39.7 Å². The van der Waals surface area contributed by atoms with E-state index in [4.69, 9.17) is 5.11 Å². The van der Waals surface area contributed by atoms with Crippen LogP contribution in [-0.2, 0) is 14.4 Å². The largest absolute Gasteiger partial charge is 0.549 e. The van der Waals surface area contributed by atoms with Crippen molar-refractivity contribution < 1.29 is 60.3 Å². The van der Waals surface area contributed by atoms with Gasteiger partial charge in [-0.15, -0.1) is 0 Å². The molecule has 2 atom stereocenters. The van der Waals surface area contributed by atoms with E-state index in [0.29, 0.717) is 23.7 Å². The fourth-order valence-corrected chi connectivity index (χ4v) is 3.94. The zero-order chi connectivity index (χ0) is 29.4. The van der Waals surface area contributed by atoms with Crippen molar-refractivity contribution in [1.82, 2.24) is 0 Å². The number of hydrogen-bond acceptors (Lipinski definition) is 9. The van der Waals surface area contributed by atoms with Crippen molar-refractivity contribution in [3.63, 3.8) is 0 Å². The number of H-pyrrole nitrogens is 2. The number of allylic oxidation sites excluding steroid dienone is 2. The normalized spacial score (nSPS) is 17.0. The zero-order valence-electron chi connectivity index (χ0n) is 20.9. The van der Waals surface area contributed by atoms with Gasteiger partial charge < -0.3 is 40.6 Å². The molecule has 7 N–H and O–H groups in total. The molecule has 14 heteroatoms. The van der Waals surface area contributed by atoms with E-state index in [1.54, 1.807) is 24.5 Å². The fraction of sp³-hybridized carbons (Fsp3) is 0.0741. The molecule has 2 heterocycles. The summed E-state index contributed by atoms with van der Waals surface area (Å²) in [6.07, 6.45) is 5.58. The molecule has 5 rings (SSSR count). The van der Waals surface area contributed by atoms with Crippen LogP contribution in [0, 0.1) is 21.4 Å². The van der Waals surface area contributed by atoms with Gasteiger partial charge in [0.2, 0.25) is 0 Å². The lowest BCUT2D eigenvalue weighted by Crippen LogP contribution is -2.58.